The van der Waals surface area contributed by atoms with E-state index in [-0.39, 0.29) is 5.82 Å². The van der Waals surface area contributed by atoms with Crippen molar-refractivity contribution in [3.63, 3.8) is 0 Å². The number of rotatable bonds is 4. The Balaban J connectivity index is 1.94. The molecule has 0 atom stereocenters. The number of anilines is 2. The molecule has 100 valence electrons. The Bertz CT molecular complexity index is 579. The Morgan fingerprint density at radius 1 is 1.11 bits per heavy atom. The van der Waals surface area contributed by atoms with Crippen molar-refractivity contribution in [1.82, 2.24) is 0 Å². The summed E-state index contributed by atoms with van der Waals surface area (Å²) in [6.07, 6.45) is 0.842. The van der Waals surface area contributed by atoms with E-state index in [9.17, 15) is 4.39 Å². The normalized spacial score (nSPS) is 10.5. The van der Waals surface area contributed by atoms with Crippen LogP contribution in [0, 0.1) is 19.7 Å². The second-order valence-electron chi connectivity index (χ2n) is 4.85. The zero-order valence-electron chi connectivity index (χ0n) is 11.3. The molecule has 19 heavy (non-hydrogen) atoms. The topological polar surface area (TPSA) is 38.0 Å². The number of nitrogens with one attached hydrogen (secondary N) is 1. The number of nitrogens with two attached hydrogens (primary N) is 1. The minimum atomic E-state index is -0.153. The Morgan fingerprint density at radius 2 is 1.89 bits per heavy atom. The molecule has 0 radical (unpaired) electrons. The lowest BCUT2D eigenvalue weighted by molar-refractivity contribution is 0.617. The molecule has 2 aromatic carbocycles. The standard InChI is InChI=1S/C16H19FN2/c1-11-3-6-16(15(18)9-11)19-8-7-13-4-5-14(17)12(2)10-13/h3-6,9-10,19H,7-8,18H2,1-2H3. The van der Waals surface area contributed by atoms with E-state index in [2.05, 4.69) is 5.32 Å². The molecule has 0 aliphatic heterocycles. The van der Waals surface area contributed by atoms with Gasteiger partial charge in [0, 0.05) is 6.54 Å². The van der Waals surface area contributed by atoms with Gasteiger partial charge in [0.05, 0.1) is 11.4 Å². The third kappa shape index (κ3) is 3.47. The molecule has 0 bridgehead atoms. The van der Waals surface area contributed by atoms with Crippen LogP contribution in [0.3, 0.4) is 0 Å². The molecule has 2 aromatic rings. The fourth-order valence-electron chi connectivity index (χ4n) is 2.05. The van der Waals surface area contributed by atoms with Gasteiger partial charge in [-0.3, -0.25) is 0 Å². The molecule has 3 heteroatoms. The van der Waals surface area contributed by atoms with E-state index in [1.165, 1.54) is 6.07 Å². The lowest BCUT2D eigenvalue weighted by atomic mass is 10.1. The van der Waals surface area contributed by atoms with Crippen LogP contribution in [0.15, 0.2) is 36.4 Å². The first-order valence-corrected chi connectivity index (χ1v) is 6.41. The molecule has 0 aliphatic carbocycles. The van der Waals surface area contributed by atoms with Crippen molar-refractivity contribution in [2.75, 3.05) is 17.6 Å². The van der Waals surface area contributed by atoms with Gasteiger partial charge in [-0.25, -0.2) is 4.39 Å². The van der Waals surface area contributed by atoms with Gasteiger partial charge in [-0.15, -0.1) is 0 Å². The van der Waals surface area contributed by atoms with Crippen molar-refractivity contribution < 1.29 is 4.39 Å². The molecule has 0 aliphatic rings. The first-order chi connectivity index (χ1) is 9.06. The van der Waals surface area contributed by atoms with Crippen LogP contribution in [0.2, 0.25) is 0 Å². The Morgan fingerprint density at radius 3 is 2.58 bits per heavy atom. The van der Waals surface area contributed by atoms with Gasteiger partial charge in [0.2, 0.25) is 0 Å². The van der Waals surface area contributed by atoms with Gasteiger partial charge in [-0.05, 0) is 55.2 Å². The van der Waals surface area contributed by atoms with E-state index in [0.29, 0.717) is 5.56 Å². The highest BCUT2D eigenvalue weighted by atomic mass is 19.1. The Kier molecular flexibility index (Phi) is 4.05. The van der Waals surface area contributed by atoms with Gasteiger partial charge in [0.25, 0.3) is 0 Å². The molecule has 0 unspecified atom stereocenters. The highest BCUT2D eigenvalue weighted by Crippen LogP contribution is 2.19. The molecule has 2 rings (SSSR count). The first-order valence-electron chi connectivity index (χ1n) is 6.41. The van der Waals surface area contributed by atoms with Crippen molar-refractivity contribution in [1.29, 1.82) is 0 Å². The first kappa shape index (κ1) is 13.4. The third-order valence-electron chi connectivity index (χ3n) is 3.16. The molecule has 2 nitrogen and oxygen atoms in total. The number of benzene rings is 2. The van der Waals surface area contributed by atoms with Gasteiger partial charge >= 0.3 is 0 Å². The van der Waals surface area contributed by atoms with Crippen LogP contribution in [0.25, 0.3) is 0 Å². The molecular formula is C16H19FN2. The third-order valence-corrected chi connectivity index (χ3v) is 3.16. The van der Waals surface area contributed by atoms with E-state index < -0.39 is 0 Å². The van der Waals surface area contributed by atoms with Gasteiger partial charge in [0.15, 0.2) is 0 Å². The summed E-state index contributed by atoms with van der Waals surface area (Å²) >= 11 is 0. The second-order valence-corrected chi connectivity index (χ2v) is 4.85. The Hall–Kier alpha value is -2.03. The SMILES string of the molecule is Cc1ccc(NCCc2ccc(F)c(C)c2)c(N)c1. The van der Waals surface area contributed by atoms with E-state index in [4.69, 9.17) is 5.73 Å². The van der Waals surface area contributed by atoms with E-state index in [0.717, 1.165) is 35.5 Å². The van der Waals surface area contributed by atoms with Crippen molar-refractivity contribution in [2.24, 2.45) is 0 Å². The predicted molar refractivity (Wildman–Crippen MR) is 78.9 cm³/mol. The largest absolute Gasteiger partial charge is 0.397 e. The van der Waals surface area contributed by atoms with Gasteiger partial charge in [-0.2, -0.15) is 0 Å². The van der Waals surface area contributed by atoms with Gasteiger partial charge < -0.3 is 11.1 Å². The zero-order chi connectivity index (χ0) is 13.8. The second kappa shape index (κ2) is 5.74. The van der Waals surface area contributed by atoms with Crippen molar-refractivity contribution >= 4 is 11.4 Å². The zero-order valence-corrected chi connectivity index (χ0v) is 11.3. The van der Waals surface area contributed by atoms with Crippen molar-refractivity contribution in [3.8, 4) is 0 Å². The predicted octanol–water partition coefficient (Wildman–Crippen LogP) is 3.68. The van der Waals surface area contributed by atoms with Crippen LogP contribution in [0.4, 0.5) is 15.8 Å². The summed E-state index contributed by atoms with van der Waals surface area (Å²) in [6.45, 7) is 4.57. The highest BCUT2D eigenvalue weighted by molar-refractivity contribution is 5.66. The smallest absolute Gasteiger partial charge is 0.126 e. The monoisotopic (exact) mass is 258 g/mol. The van der Waals surface area contributed by atoms with E-state index in [1.807, 2.05) is 37.3 Å². The van der Waals surface area contributed by atoms with Crippen LogP contribution < -0.4 is 11.1 Å². The van der Waals surface area contributed by atoms with Crippen LogP contribution in [0.5, 0.6) is 0 Å². The van der Waals surface area contributed by atoms with Crippen LogP contribution in [-0.2, 0) is 6.42 Å². The number of aryl methyl sites for hydroxylation is 2. The summed E-state index contributed by atoms with van der Waals surface area (Å²) in [6, 6.07) is 11.2. The van der Waals surface area contributed by atoms with Crippen molar-refractivity contribution in [3.05, 3.63) is 58.9 Å². The molecule has 0 spiro atoms. The molecule has 0 amide bonds. The van der Waals surface area contributed by atoms with Gasteiger partial charge in [-0.1, -0.05) is 18.2 Å². The van der Waals surface area contributed by atoms with Crippen LogP contribution in [0.1, 0.15) is 16.7 Å². The lowest BCUT2D eigenvalue weighted by Gasteiger charge is -2.10. The van der Waals surface area contributed by atoms with Gasteiger partial charge in [0.1, 0.15) is 5.82 Å². The summed E-state index contributed by atoms with van der Waals surface area (Å²) in [5.74, 6) is -0.153. The van der Waals surface area contributed by atoms with E-state index in [1.54, 1.807) is 6.92 Å². The quantitative estimate of drug-likeness (QED) is 0.821. The maximum atomic E-state index is 13.1. The summed E-state index contributed by atoms with van der Waals surface area (Å²) in [4.78, 5) is 0. The van der Waals surface area contributed by atoms with Crippen LogP contribution >= 0.6 is 0 Å². The van der Waals surface area contributed by atoms with E-state index >= 15 is 0 Å². The molecule has 3 N–H and O–H groups in total. The number of hydrogen-bond acceptors (Lipinski definition) is 2. The summed E-state index contributed by atoms with van der Waals surface area (Å²) in [5, 5.41) is 3.30. The minimum Gasteiger partial charge on any atom is -0.397 e. The average molecular weight is 258 g/mol. The molecule has 0 aromatic heterocycles. The molecule has 0 heterocycles. The number of nitrogen functional groups attached to an aromatic ring is 1. The molecular weight excluding hydrogens is 239 g/mol. The van der Waals surface area contributed by atoms with Crippen LogP contribution in [-0.4, -0.2) is 6.54 Å². The fraction of sp³-hybridized carbons (Fsp3) is 0.250. The minimum absolute atomic E-state index is 0.153. The maximum absolute atomic E-state index is 13.1. The maximum Gasteiger partial charge on any atom is 0.126 e. The summed E-state index contributed by atoms with van der Waals surface area (Å²) in [7, 11) is 0. The molecule has 0 fully saturated rings. The Labute approximate surface area is 113 Å². The fourth-order valence-corrected chi connectivity index (χ4v) is 2.05. The molecule has 0 saturated heterocycles. The number of halogens is 1. The lowest BCUT2D eigenvalue weighted by Crippen LogP contribution is -2.07. The molecule has 0 saturated carbocycles. The number of hydrogen-bond donors (Lipinski definition) is 2. The summed E-state index contributed by atoms with van der Waals surface area (Å²) in [5.41, 5.74) is 10.6. The highest BCUT2D eigenvalue weighted by Gasteiger charge is 2.01. The summed E-state index contributed by atoms with van der Waals surface area (Å²) < 4.78 is 13.1. The average Bonchev–Trinajstić information content (AvgIpc) is 2.36. The van der Waals surface area contributed by atoms with Crippen molar-refractivity contribution in [2.45, 2.75) is 20.3 Å².